The molecule has 5 nitrogen and oxygen atoms in total. The molecule has 0 saturated heterocycles. The number of aromatic nitrogens is 4. The van der Waals surface area contributed by atoms with E-state index in [0.717, 1.165) is 67.8 Å². The van der Waals surface area contributed by atoms with Gasteiger partial charge in [-0.2, -0.15) is 0 Å². The van der Waals surface area contributed by atoms with Crippen molar-refractivity contribution in [3.63, 3.8) is 0 Å². The van der Waals surface area contributed by atoms with E-state index in [1.54, 1.807) is 6.20 Å². The highest BCUT2D eigenvalue weighted by Crippen LogP contribution is 2.34. The highest BCUT2D eigenvalue weighted by atomic mass is 14.9. The van der Waals surface area contributed by atoms with Gasteiger partial charge in [0, 0.05) is 28.4 Å². The van der Waals surface area contributed by atoms with Gasteiger partial charge in [-0.25, -0.2) is 19.9 Å². The average Bonchev–Trinajstić information content (AvgIpc) is 3.08. The van der Waals surface area contributed by atoms with E-state index < -0.39 is 0 Å². The Labute approximate surface area is 243 Å². The molecule has 1 aliphatic carbocycles. The van der Waals surface area contributed by atoms with Gasteiger partial charge < -0.3 is 0 Å². The van der Waals surface area contributed by atoms with Crippen LogP contribution in [0.15, 0.2) is 144 Å². The van der Waals surface area contributed by atoms with E-state index >= 15 is 0 Å². The fourth-order valence-electron chi connectivity index (χ4n) is 5.89. The van der Waals surface area contributed by atoms with Crippen LogP contribution < -0.4 is 10.6 Å². The predicted octanol–water partition coefficient (Wildman–Crippen LogP) is 6.71. The van der Waals surface area contributed by atoms with E-state index in [9.17, 15) is 0 Å². The quantitative estimate of drug-likeness (QED) is 0.250. The molecule has 5 heterocycles. The SMILES string of the molecule is C1=CCC2C(=C1)N=c1c(ccc3ccc(-c4cccc(-c5cccc(-c6ccccn6)n5)n4)nc13)=C2c1ccccc1. The number of allylic oxidation sites excluding steroid dienone is 4. The Morgan fingerprint density at radius 3 is 1.98 bits per heavy atom. The fraction of sp³-hybridized carbons (Fsp3) is 0.0541. The van der Waals surface area contributed by atoms with Gasteiger partial charge in [0.05, 0.1) is 45.0 Å². The Hall–Kier alpha value is -5.55. The van der Waals surface area contributed by atoms with Crippen LogP contribution in [0.3, 0.4) is 0 Å². The summed E-state index contributed by atoms with van der Waals surface area (Å²) in [7, 11) is 0. The second-order valence-electron chi connectivity index (χ2n) is 10.5. The smallest absolute Gasteiger partial charge is 0.0973 e. The Balaban J connectivity index is 1.28. The van der Waals surface area contributed by atoms with Crippen LogP contribution in [0.1, 0.15) is 12.0 Å². The van der Waals surface area contributed by atoms with Crippen molar-refractivity contribution in [2.75, 3.05) is 0 Å². The van der Waals surface area contributed by atoms with Gasteiger partial charge >= 0.3 is 0 Å². The Kier molecular flexibility index (Phi) is 5.85. The molecule has 198 valence electrons. The minimum atomic E-state index is 0.234. The highest BCUT2D eigenvalue weighted by molar-refractivity contribution is 5.83. The van der Waals surface area contributed by atoms with Crippen molar-refractivity contribution in [1.82, 2.24) is 19.9 Å². The zero-order valence-corrected chi connectivity index (χ0v) is 22.7. The van der Waals surface area contributed by atoms with E-state index in [4.69, 9.17) is 19.9 Å². The highest BCUT2D eigenvalue weighted by Gasteiger charge is 2.25. The Bertz CT molecular complexity index is 2170. The molecule has 8 rings (SSSR count). The van der Waals surface area contributed by atoms with E-state index in [1.165, 1.54) is 11.1 Å². The Morgan fingerprint density at radius 2 is 1.24 bits per heavy atom. The third-order valence-electron chi connectivity index (χ3n) is 7.88. The van der Waals surface area contributed by atoms with E-state index in [0.29, 0.717) is 0 Å². The molecule has 5 heteroatoms. The van der Waals surface area contributed by atoms with Crippen molar-refractivity contribution in [3.05, 3.63) is 155 Å². The van der Waals surface area contributed by atoms with Crippen molar-refractivity contribution < 1.29 is 0 Å². The van der Waals surface area contributed by atoms with Crippen LogP contribution in [0.25, 0.3) is 50.6 Å². The predicted molar refractivity (Wildman–Crippen MR) is 166 cm³/mol. The summed E-state index contributed by atoms with van der Waals surface area (Å²) in [4.78, 5) is 24.7. The molecule has 4 aromatic heterocycles. The van der Waals surface area contributed by atoms with E-state index in [2.05, 4.69) is 71.7 Å². The number of pyridine rings is 4. The number of fused-ring (bicyclic) bond motifs is 4. The topological polar surface area (TPSA) is 63.9 Å². The molecule has 6 aromatic rings. The molecule has 0 spiro atoms. The van der Waals surface area contributed by atoms with Crippen molar-refractivity contribution in [1.29, 1.82) is 0 Å². The molecule has 0 fully saturated rings. The zero-order chi connectivity index (χ0) is 27.9. The zero-order valence-electron chi connectivity index (χ0n) is 22.7. The summed E-state index contributed by atoms with van der Waals surface area (Å²) in [5.74, 6) is 0.234. The number of hydrogen-bond donors (Lipinski definition) is 0. The van der Waals surface area contributed by atoms with Gasteiger partial charge in [-0.15, -0.1) is 0 Å². The largest absolute Gasteiger partial charge is 0.255 e. The molecule has 1 aliphatic heterocycles. The van der Waals surface area contributed by atoms with Gasteiger partial charge in [0.2, 0.25) is 0 Å². The lowest BCUT2D eigenvalue weighted by Crippen LogP contribution is -2.36. The van der Waals surface area contributed by atoms with Crippen LogP contribution in [0.2, 0.25) is 0 Å². The Morgan fingerprint density at radius 1 is 0.571 bits per heavy atom. The fourth-order valence-corrected chi connectivity index (χ4v) is 5.89. The molecule has 0 radical (unpaired) electrons. The van der Waals surface area contributed by atoms with Crippen LogP contribution in [0.4, 0.5) is 0 Å². The maximum absolute atomic E-state index is 5.20. The van der Waals surface area contributed by atoms with Gasteiger partial charge in [-0.05, 0) is 66.1 Å². The first-order valence-corrected chi connectivity index (χ1v) is 14.1. The minimum Gasteiger partial charge on any atom is -0.255 e. The summed E-state index contributed by atoms with van der Waals surface area (Å²) in [5.41, 5.74) is 9.32. The molecule has 0 N–H and O–H groups in total. The average molecular weight is 540 g/mol. The molecule has 0 amide bonds. The van der Waals surface area contributed by atoms with Crippen molar-refractivity contribution in [3.8, 4) is 34.2 Å². The number of nitrogens with zero attached hydrogens (tertiary/aromatic N) is 5. The molecule has 2 aromatic carbocycles. The van der Waals surface area contributed by atoms with Crippen LogP contribution in [-0.2, 0) is 0 Å². The first kappa shape index (κ1) is 24.3. The standard InChI is InChI=1S/C37H25N5/c1-2-10-24(11-3-1)35-26-12-4-5-13-28(26)41-37-27(35)21-19-25-20-22-34(42-36(25)37)33-18-9-17-32(40-33)31-16-8-15-30(39-31)29-14-6-7-23-38-29/h1-11,13-23,26H,12H2. The van der Waals surface area contributed by atoms with Gasteiger partial charge in [0.25, 0.3) is 0 Å². The molecular weight excluding hydrogens is 514 g/mol. The van der Waals surface area contributed by atoms with Crippen LogP contribution in [0, 0.1) is 5.92 Å². The normalized spacial score (nSPS) is 15.5. The lowest BCUT2D eigenvalue weighted by Gasteiger charge is -2.26. The molecular formula is C37H25N5. The van der Waals surface area contributed by atoms with Gasteiger partial charge in [-0.3, -0.25) is 4.98 Å². The second-order valence-corrected chi connectivity index (χ2v) is 10.5. The van der Waals surface area contributed by atoms with Crippen molar-refractivity contribution in [2.45, 2.75) is 6.42 Å². The number of hydrogen-bond acceptors (Lipinski definition) is 5. The van der Waals surface area contributed by atoms with Gasteiger partial charge in [0.1, 0.15) is 0 Å². The third kappa shape index (κ3) is 4.23. The first-order valence-electron chi connectivity index (χ1n) is 14.1. The summed E-state index contributed by atoms with van der Waals surface area (Å²) in [6, 6.07) is 36.9. The maximum Gasteiger partial charge on any atom is 0.0973 e. The first-order chi connectivity index (χ1) is 20.8. The molecule has 0 bridgehead atoms. The lowest BCUT2D eigenvalue weighted by molar-refractivity contribution is 0.749. The monoisotopic (exact) mass is 539 g/mol. The lowest BCUT2D eigenvalue weighted by atomic mass is 9.82. The maximum atomic E-state index is 5.20. The summed E-state index contributed by atoms with van der Waals surface area (Å²) < 4.78 is 0. The molecule has 1 atom stereocenters. The summed E-state index contributed by atoms with van der Waals surface area (Å²) in [6.45, 7) is 0. The molecule has 0 saturated carbocycles. The van der Waals surface area contributed by atoms with Crippen LogP contribution >= 0.6 is 0 Å². The van der Waals surface area contributed by atoms with E-state index in [-0.39, 0.29) is 5.92 Å². The molecule has 2 aliphatic rings. The van der Waals surface area contributed by atoms with Crippen molar-refractivity contribution in [2.24, 2.45) is 10.9 Å². The van der Waals surface area contributed by atoms with Crippen LogP contribution in [-0.4, -0.2) is 19.9 Å². The van der Waals surface area contributed by atoms with Gasteiger partial charge in [0.15, 0.2) is 0 Å². The second kappa shape index (κ2) is 10.1. The molecule has 42 heavy (non-hydrogen) atoms. The van der Waals surface area contributed by atoms with Crippen molar-refractivity contribution >= 4 is 16.5 Å². The summed E-state index contributed by atoms with van der Waals surface area (Å²) >= 11 is 0. The van der Waals surface area contributed by atoms with E-state index in [1.807, 2.05) is 60.7 Å². The summed E-state index contributed by atoms with van der Waals surface area (Å²) in [5, 5.41) is 3.12. The van der Waals surface area contributed by atoms with Crippen LogP contribution in [0.5, 0.6) is 0 Å². The summed E-state index contributed by atoms with van der Waals surface area (Å²) in [6.07, 6.45) is 9.20. The number of benzene rings is 2. The minimum absolute atomic E-state index is 0.234. The third-order valence-corrected chi connectivity index (χ3v) is 7.88. The van der Waals surface area contributed by atoms with Gasteiger partial charge in [-0.1, -0.05) is 78.9 Å². The number of rotatable bonds is 4. The molecule has 1 unspecified atom stereocenters.